The van der Waals surface area contributed by atoms with Crippen LogP contribution in [0.2, 0.25) is 0 Å². The summed E-state index contributed by atoms with van der Waals surface area (Å²) in [7, 11) is -3.70. The molecule has 0 fully saturated rings. The Morgan fingerprint density at radius 3 is 2.08 bits per heavy atom. The molecular weight excluding hydrogens is 322 g/mol. The van der Waals surface area contributed by atoms with Crippen LogP contribution in [0.3, 0.4) is 0 Å². The van der Waals surface area contributed by atoms with Gasteiger partial charge in [-0.2, -0.15) is 0 Å². The number of aryl methyl sites for hydroxylation is 1. The average molecular weight is 345 g/mol. The fourth-order valence-electron chi connectivity index (χ4n) is 2.29. The van der Waals surface area contributed by atoms with Gasteiger partial charge in [0.05, 0.1) is 10.6 Å². The van der Waals surface area contributed by atoms with Gasteiger partial charge in [-0.1, -0.05) is 45.0 Å². The molecule has 2 aromatic rings. The summed E-state index contributed by atoms with van der Waals surface area (Å²) in [4.78, 5) is 11.7. The van der Waals surface area contributed by atoms with Crippen LogP contribution in [0.5, 0.6) is 0 Å². The van der Waals surface area contributed by atoms with Crippen molar-refractivity contribution in [1.29, 1.82) is 0 Å². The molecule has 0 atom stereocenters. The van der Waals surface area contributed by atoms with Crippen LogP contribution in [-0.4, -0.2) is 14.2 Å². The van der Waals surface area contributed by atoms with E-state index < -0.39 is 10.0 Å². The highest BCUT2D eigenvalue weighted by molar-refractivity contribution is 7.92. The van der Waals surface area contributed by atoms with Crippen molar-refractivity contribution in [2.24, 2.45) is 0 Å². The molecule has 1 N–H and O–H groups in total. The number of carbonyl (C=O) groups is 1. The van der Waals surface area contributed by atoms with E-state index in [2.05, 4.69) is 25.5 Å². The van der Waals surface area contributed by atoms with Gasteiger partial charge in [-0.3, -0.25) is 9.52 Å². The summed E-state index contributed by atoms with van der Waals surface area (Å²) in [5.74, 6) is -0.107. The third kappa shape index (κ3) is 4.03. The summed E-state index contributed by atoms with van der Waals surface area (Å²) in [5.41, 5.74) is 2.68. The predicted molar refractivity (Wildman–Crippen MR) is 97.1 cm³/mol. The molecular formula is C19H23NO3S. The fraction of sp³-hybridized carbons (Fsp3) is 0.316. The van der Waals surface area contributed by atoms with E-state index in [1.165, 1.54) is 6.92 Å². The van der Waals surface area contributed by atoms with E-state index in [4.69, 9.17) is 0 Å². The molecule has 0 heterocycles. The molecule has 0 aliphatic heterocycles. The summed E-state index contributed by atoms with van der Waals surface area (Å²) in [6, 6.07) is 11.9. The van der Waals surface area contributed by atoms with Crippen molar-refractivity contribution >= 4 is 21.5 Å². The maximum Gasteiger partial charge on any atom is 0.261 e. The van der Waals surface area contributed by atoms with Gasteiger partial charge in [-0.05, 0) is 48.6 Å². The Balaban J connectivity index is 2.35. The van der Waals surface area contributed by atoms with Crippen LogP contribution in [-0.2, 0) is 15.4 Å². The quantitative estimate of drug-likeness (QED) is 0.841. The first-order valence-corrected chi connectivity index (χ1v) is 9.24. The van der Waals surface area contributed by atoms with Crippen molar-refractivity contribution < 1.29 is 13.2 Å². The summed E-state index contributed by atoms with van der Waals surface area (Å²) in [6.07, 6.45) is 0. The first-order valence-electron chi connectivity index (χ1n) is 7.76. The van der Waals surface area contributed by atoms with Crippen molar-refractivity contribution in [1.82, 2.24) is 0 Å². The smallest absolute Gasteiger partial charge is 0.261 e. The number of hydrogen-bond donors (Lipinski definition) is 1. The topological polar surface area (TPSA) is 63.2 Å². The highest BCUT2D eigenvalue weighted by Crippen LogP contribution is 2.25. The van der Waals surface area contributed by atoms with Crippen LogP contribution in [0, 0.1) is 6.92 Å². The van der Waals surface area contributed by atoms with Gasteiger partial charge < -0.3 is 0 Å². The van der Waals surface area contributed by atoms with Crippen molar-refractivity contribution in [3.05, 3.63) is 59.2 Å². The molecule has 0 aliphatic carbocycles. The molecule has 0 aromatic heterocycles. The minimum atomic E-state index is -3.70. The Morgan fingerprint density at radius 2 is 1.58 bits per heavy atom. The van der Waals surface area contributed by atoms with Gasteiger partial charge in [0.15, 0.2) is 5.78 Å². The maximum atomic E-state index is 12.6. The molecule has 0 unspecified atom stereocenters. The minimum Gasteiger partial charge on any atom is -0.295 e. The zero-order chi connectivity index (χ0) is 18.1. The molecule has 0 saturated heterocycles. The van der Waals surface area contributed by atoms with Gasteiger partial charge in [0.1, 0.15) is 0 Å². The van der Waals surface area contributed by atoms with E-state index in [1.807, 2.05) is 12.1 Å². The number of benzene rings is 2. The number of sulfonamides is 1. The monoisotopic (exact) mass is 345 g/mol. The number of rotatable bonds is 4. The summed E-state index contributed by atoms with van der Waals surface area (Å²) < 4.78 is 27.8. The van der Waals surface area contributed by atoms with Crippen LogP contribution >= 0.6 is 0 Å². The molecule has 0 spiro atoms. The van der Waals surface area contributed by atoms with E-state index in [0.29, 0.717) is 11.3 Å². The van der Waals surface area contributed by atoms with Crippen molar-refractivity contribution in [3.63, 3.8) is 0 Å². The molecule has 0 aliphatic rings. The molecule has 2 rings (SSSR count). The Morgan fingerprint density at radius 1 is 1.00 bits per heavy atom. The predicted octanol–water partition coefficient (Wildman–Crippen LogP) is 4.30. The van der Waals surface area contributed by atoms with Gasteiger partial charge in [0.2, 0.25) is 0 Å². The lowest BCUT2D eigenvalue weighted by molar-refractivity contribution is 0.101. The largest absolute Gasteiger partial charge is 0.295 e. The molecule has 0 radical (unpaired) electrons. The molecule has 4 nitrogen and oxygen atoms in total. The first-order chi connectivity index (χ1) is 11.0. The zero-order valence-electron chi connectivity index (χ0n) is 14.7. The van der Waals surface area contributed by atoms with Crippen LogP contribution < -0.4 is 4.72 Å². The number of carbonyl (C=O) groups excluding carboxylic acids is 1. The Bertz CT molecular complexity index is 860. The van der Waals surface area contributed by atoms with Gasteiger partial charge in [0.25, 0.3) is 10.0 Å². The maximum absolute atomic E-state index is 12.6. The number of nitrogens with one attached hydrogen (secondary N) is 1. The highest BCUT2D eigenvalue weighted by atomic mass is 32.2. The number of anilines is 1. The lowest BCUT2D eigenvalue weighted by Gasteiger charge is -2.19. The third-order valence-electron chi connectivity index (χ3n) is 3.92. The third-order valence-corrected chi connectivity index (χ3v) is 5.30. The Labute approximate surface area is 144 Å². The zero-order valence-corrected chi connectivity index (χ0v) is 15.5. The lowest BCUT2D eigenvalue weighted by Crippen LogP contribution is -2.15. The van der Waals surface area contributed by atoms with Crippen LogP contribution in [0.1, 0.15) is 49.2 Å². The molecule has 5 heteroatoms. The normalized spacial score (nSPS) is 12.0. The molecule has 24 heavy (non-hydrogen) atoms. The van der Waals surface area contributed by atoms with E-state index >= 15 is 0 Å². The second-order valence-electron chi connectivity index (χ2n) is 6.97. The van der Waals surface area contributed by atoms with Gasteiger partial charge in [-0.25, -0.2) is 8.42 Å². The molecule has 0 saturated carbocycles. The van der Waals surface area contributed by atoms with Crippen molar-refractivity contribution in [2.45, 2.75) is 44.9 Å². The summed E-state index contributed by atoms with van der Waals surface area (Å²) in [5, 5.41) is 0. The van der Waals surface area contributed by atoms with Gasteiger partial charge in [0, 0.05) is 5.56 Å². The van der Waals surface area contributed by atoms with E-state index in [0.717, 1.165) is 11.1 Å². The second-order valence-corrected chi connectivity index (χ2v) is 8.65. The molecule has 0 bridgehead atoms. The number of Topliss-reactive ketones (excluding diaryl/α,β-unsaturated/α-hetero) is 1. The second kappa shape index (κ2) is 6.40. The average Bonchev–Trinajstić information content (AvgIpc) is 2.48. The standard InChI is InChI=1S/C19H23NO3S/c1-13-6-7-15(14(2)21)12-18(13)20-24(22,23)17-10-8-16(9-11-17)19(3,4)5/h6-12,20H,1-5H3. The summed E-state index contributed by atoms with van der Waals surface area (Å²) >= 11 is 0. The lowest BCUT2D eigenvalue weighted by atomic mass is 9.87. The number of hydrogen-bond acceptors (Lipinski definition) is 3. The number of ketones is 1. The van der Waals surface area contributed by atoms with E-state index in [9.17, 15) is 13.2 Å². The van der Waals surface area contributed by atoms with E-state index in [-0.39, 0.29) is 16.1 Å². The van der Waals surface area contributed by atoms with Gasteiger partial charge >= 0.3 is 0 Å². The van der Waals surface area contributed by atoms with Crippen molar-refractivity contribution in [2.75, 3.05) is 4.72 Å². The van der Waals surface area contributed by atoms with Crippen LogP contribution in [0.15, 0.2) is 47.4 Å². The Kier molecular flexibility index (Phi) is 4.85. The summed E-state index contributed by atoms with van der Waals surface area (Å²) in [6.45, 7) is 9.47. The fourth-order valence-corrected chi connectivity index (χ4v) is 3.41. The van der Waals surface area contributed by atoms with Crippen LogP contribution in [0.25, 0.3) is 0 Å². The molecule has 0 amide bonds. The first kappa shape index (κ1) is 18.2. The van der Waals surface area contributed by atoms with E-state index in [1.54, 1.807) is 37.3 Å². The van der Waals surface area contributed by atoms with Crippen LogP contribution in [0.4, 0.5) is 5.69 Å². The van der Waals surface area contributed by atoms with Gasteiger partial charge in [-0.15, -0.1) is 0 Å². The SMILES string of the molecule is CC(=O)c1ccc(C)c(NS(=O)(=O)c2ccc(C(C)(C)C)cc2)c1. The minimum absolute atomic E-state index is 0.0396. The highest BCUT2D eigenvalue weighted by Gasteiger charge is 2.18. The molecule has 128 valence electrons. The molecule has 2 aromatic carbocycles. The Hall–Kier alpha value is -2.14. The van der Waals surface area contributed by atoms with Crippen molar-refractivity contribution in [3.8, 4) is 0 Å².